The third-order valence-corrected chi connectivity index (χ3v) is 2.39. The standard InChI is InChI=1S/C11H12N4O/c12-5-8-1-3-9(4-2-8)14-11(16)15-10-6-13-7-10/h1-4,10,13H,6-7H2,(H2,14,15,16). The lowest BCUT2D eigenvalue weighted by atomic mass is 10.2. The SMILES string of the molecule is N#Cc1ccc(NC(=O)NC2CNC2)cc1. The molecule has 0 aromatic heterocycles. The van der Waals surface area contributed by atoms with E-state index in [0.29, 0.717) is 11.3 Å². The van der Waals surface area contributed by atoms with Gasteiger partial charge < -0.3 is 16.0 Å². The molecule has 1 aromatic carbocycles. The molecule has 3 N–H and O–H groups in total. The maximum atomic E-state index is 11.5. The van der Waals surface area contributed by atoms with Crippen molar-refractivity contribution in [3.05, 3.63) is 29.8 Å². The molecule has 0 spiro atoms. The summed E-state index contributed by atoms with van der Waals surface area (Å²) in [6.45, 7) is 1.64. The second-order valence-corrected chi connectivity index (χ2v) is 3.64. The largest absolute Gasteiger partial charge is 0.333 e. The van der Waals surface area contributed by atoms with Crippen molar-refractivity contribution in [3.63, 3.8) is 0 Å². The molecule has 82 valence electrons. The van der Waals surface area contributed by atoms with E-state index in [2.05, 4.69) is 16.0 Å². The lowest BCUT2D eigenvalue weighted by molar-refractivity contribution is 0.243. The molecule has 2 rings (SSSR count). The van der Waals surface area contributed by atoms with E-state index >= 15 is 0 Å². The fraction of sp³-hybridized carbons (Fsp3) is 0.273. The van der Waals surface area contributed by atoms with E-state index in [9.17, 15) is 4.79 Å². The van der Waals surface area contributed by atoms with Crippen molar-refractivity contribution in [2.45, 2.75) is 6.04 Å². The van der Waals surface area contributed by atoms with E-state index in [1.54, 1.807) is 24.3 Å². The summed E-state index contributed by atoms with van der Waals surface area (Å²) >= 11 is 0. The molecule has 5 nitrogen and oxygen atoms in total. The number of nitriles is 1. The summed E-state index contributed by atoms with van der Waals surface area (Å²) in [5.41, 5.74) is 1.26. The number of amides is 2. The Hall–Kier alpha value is -2.06. The molecule has 1 aliphatic rings. The quantitative estimate of drug-likeness (QED) is 0.679. The average molecular weight is 216 g/mol. The van der Waals surface area contributed by atoms with E-state index < -0.39 is 0 Å². The van der Waals surface area contributed by atoms with Crippen molar-refractivity contribution in [1.82, 2.24) is 10.6 Å². The summed E-state index contributed by atoms with van der Waals surface area (Å²) in [6.07, 6.45) is 0. The Morgan fingerprint density at radius 3 is 2.56 bits per heavy atom. The number of hydrogen-bond acceptors (Lipinski definition) is 3. The number of anilines is 1. The van der Waals surface area contributed by atoms with Gasteiger partial charge in [-0.1, -0.05) is 0 Å². The van der Waals surface area contributed by atoms with E-state index in [1.165, 1.54) is 0 Å². The number of carbonyl (C=O) groups is 1. The van der Waals surface area contributed by atoms with Gasteiger partial charge in [0.15, 0.2) is 0 Å². The first-order valence-corrected chi connectivity index (χ1v) is 5.06. The molecular formula is C11H12N4O. The highest BCUT2D eigenvalue weighted by molar-refractivity contribution is 5.89. The smallest absolute Gasteiger partial charge is 0.319 e. The summed E-state index contributed by atoms with van der Waals surface area (Å²) < 4.78 is 0. The number of benzene rings is 1. The van der Waals surface area contributed by atoms with Gasteiger partial charge in [-0.2, -0.15) is 5.26 Å². The molecule has 0 aliphatic carbocycles. The summed E-state index contributed by atoms with van der Waals surface area (Å²) in [7, 11) is 0. The molecule has 5 heteroatoms. The predicted molar refractivity (Wildman–Crippen MR) is 60.0 cm³/mol. The number of urea groups is 1. The maximum Gasteiger partial charge on any atom is 0.319 e. The zero-order chi connectivity index (χ0) is 11.4. The number of rotatable bonds is 2. The van der Waals surface area contributed by atoms with Crippen molar-refractivity contribution in [3.8, 4) is 6.07 Å². The van der Waals surface area contributed by atoms with E-state index in [0.717, 1.165) is 13.1 Å². The van der Waals surface area contributed by atoms with Gasteiger partial charge in [0.25, 0.3) is 0 Å². The lowest BCUT2D eigenvalue weighted by Crippen LogP contribution is -2.57. The molecule has 0 bridgehead atoms. The lowest BCUT2D eigenvalue weighted by Gasteiger charge is -2.27. The van der Waals surface area contributed by atoms with Gasteiger partial charge >= 0.3 is 6.03 Å². The van der Waals surface area contributed by atoms with Gasteiger partial charge in [0.1, 0.15) is 0 Å². The van der Waals surface area contributed by atoms with Crippen LogP contribution in [0, 0.1) is 11.3 Å². The van der Waals surface area contributed by atoms with Gasteiger partial charge in [-0.05, 0) is 24.3 Å². The fourth-order valence-corrected chi connectivity index (χ4v) is 1.37. The molecule has 1 fully saturated rings. The Morgan fingerprint density at radius 2 is 2.06 bits per heavy atom. The summed E-state index contributed by atoms with van der Waals surface area (Å²) in [4.78, 5) is 11.5. The Balaban J connectivity index is 1.87. The van der Waals surface area contributed by atoms with Crippen molar-refractivity contribution >= 4 is 11.7 Å². The van der Waals surface area contributed by atoms with Crippen LogP contribution in [0.1, 0.15) is 5.56 Å². The van der Waals surface area contributed by atoms with Gasteiger partial charge in [-0.15, -0.1) is 0 Å². The minimum Gasteiger partial charge on any atom is -0.333 e. The number of nitrogens with zero attached hydrogens (tertiary/aromatic N) is 1. The highest BCUT2D eigenvalue weighted by atomic mass is 16.2. The predicted octanol–water partition coefficient (Wildman–Crippen LogP) is 0.652. The molecule has 1 aromatic rings. The van der Waals surface area contributed by atoms with Crippen molar-refractivity contribution in [2.75, 3.05) is 18.4 Å². The van der Waals surface area contributed by atoms with Crippen LogP contribution in [-0.2, 0) is 0 Å². The fourth-order valence-electron chi connectivity index (χ4n) is 1.37. The minimum absolute atomic E-state index is 0.212. The van der Waals surface area contributed by atoms with Crippen LogP contribution in [0.3, 0.4) is 0 Å². The highest BCUT2D eigenvalue weighted by Crippen LogP contribution is 2.08. The third kappa shape index (κ3) is 2.49. The molecule has 1 heterocycles. The first-order valence-electron chi connectivity index (χ1n) is 5.06. The van der Waals surface area contributed by atoms with Gasteiger partial charge in [0.2, 0.25) is 0 Å². The van der Waals surface area contributed by atoms with Gasteiger partial charge in [0.05, 0.1) is 17.7 Å². The van der Waals surface area contributed by atoms with E-state index in [1.807, 2.05) is 6.07 Å². The summed E-state index contributed by atoms with van der Waals surface area (Å²) in [5.74, 6) is 0. The van der Waals surface area contributed by atoms with Crippen molar-refractivity contribution in [1.29, 1.82) is 5.26 Å². The molecule has 16 heavy (non-hydrogen) atoms. The van der Waals surface area contributed by atoms with Crippen LogP contribution in [0.2, 0.25) is 0 Å². The Kier molecular flexibility index (Phi) is 3.03. The summed E-state index contributed by atoms with van der Waals surface area (Å²) in [6, 6.07) is 8.78. The van der Waals surface area contributed by atoms with Crippen molar-refractivity contribution in [2.24, 2.45) is 0 Å². The minimum atomic E-state index is -0.212. The normalized spacial score (nSPS) is 14.7. The van der Waals surface area contributed by atoms with Crippen LogP contribution in [0.4, 0.5) is 10.5 Å². The maximum absolute atomic E-state index is 11.5. The van der Waals surface area contributed by atoms with Crippen LogP contribution in [0.25, 0.3) is 0 Å². The van der Waals surface area contributed by atoms with Crippen LogP contribution in [0.15, 0.2) is 24.3 Å². The average Bonchev–Trinajstić information content (AvgIpc) is 2.25. The zero-order valence-corrected chi connectivity index (χ0v) is 8.66. The van der Waals surface area contributed by atoms with Crippen LogP contribution < -0.4 is 16.0 Å². The number of carbonyl (C=O) groups excluding carboxylic acids is 1. The molecule has 1 saturated heterocycles. The van der Waals surface area contributed by atoms with Crippen LogP contribution >= 0.6 is 0 Å². The first-order chi connectivity index (χ1) is 7.78. The van der Waals surface area contributed by atoms with E-state index in [4.69, 9.17) is 5.26 Å². The van der Waals surface area contributed by atoms with Gasteiger partial charge in [-0.3, -0.25) is 0 Å². The molecule has 0 unspecified atom stereocenters. The Labute approximate surface area is 93.5 Å². The van der Waals surface area contributed by atoms with E-state index in [-0.39, 0.29) is 12.1 Å². The second kappa shape index (κ2) is 4.64. The third-order valence-electron chi connectivity index (χ3n) is 2.39. The molecule has 0 saturated carbocycles. The summed E-state index contributed by atoms with van der Waals surface area (Å²) in [5, 5.41) is 17.2. The number of hydrogen-bond donors (Lipinski definition) is 3. The molecule has 2 amide bonds. The Morgan fingerprint density at radius 1 is 1.38 bits per heavy atom. The first kappa shape index (κ1) is 10.5. The topological polar surface area (TPSA) is 77.0 Å². The van der Waals surface area contributed by atoms with Crippen molar-refractivity contribution < 1.29 is 4.79 Å². The van der Waals surface area contributed by atoms with Crippen LogP contribution in [-0.4, -0.2) is 25.2 Å². The molecule has 0 atom stereocenters. The highest BCUT2D eigenvalue weighted by Gasteiger charge is 2.18. The molecule has 1 aliphatic heterocycles. The molecule has 0 radical (unpaired) electrons. The Bertz CT molecular complexity index is 417. The number of nitrogens with one attached hydrogen (secondary N) is 3. The second-order valence-electron chi connectivity index (χ2n) is 3.64. The zero-order valence-electron chi connectivity index (χ0n) is 8.66. The van der Waals surface area contributed by atoms with Gasteiger partial charge in [-0.25, -0.2) is 4.79 Å². The van der Waals surface area contributed by atoms with Crippen LogP contribution in [0.5, 0.6) is 0 Å². The van der Waals surface area contributed by atoms with Gasteiger partial charge in [0, 0.05) is 18.8 Å². The molecular weight excluding hydrogens is 204 g/mol. The monoisotopic (exact) mass is 216 g/mol.